The van der Waals surface area contributed by atoms with E-state index in [1.165, 1.54) is 0 Å². The van der Waals surface area contributed by atoms with Crippen molar-refractivity contribution in [1.29, 1.82) is 10.5 Å². The molecule has 0 amide bonds. The van der Waals surface area contributed by atoms with Crippen LogP contribution >= 0.6 is 46.4 Å². The Morgan fingerprint density at radius 1 is 0.833 bits per heavy atom. The van der Waals surface area contributed by atoms with E-state index in [2.05, 4.69) is 0 Å². The number of hydrogen-bond acceptors (Lipinski definition) is 2. The summed E-state index contributed by atoms with van der Waals surface area (Å²) in [5.74, 6) is 0. The molecule has 12 heavy (non-hydrogen) atoms. The molecular formula is C6H4Cl4N2. The van der Waals surface area contributed by atoms with Gasteiger partial charge in [-0.05, 0) is 12.8 Å². The average Bonchev–Trinajstić information content (AvgIpc) is 2.02. The summed E-state index contributed by atoms with van der Waals surface area (Å²) in [5, 5.41) is 16.8. The molecule has 0 bridgehead atoms. The second-order valence-electron chi connectivity index (χ2n) is 2.13. The van der Waals surface area contributed by atoms with Gasteiger partial charge in [-0.2, -0.15) is 10.5 Å². The Bertz CT molecular complexity index is 209. The molecule has 0 radical (unpaired) electrons. The van der Waals surface area contributed by atoms with Gasteiger partial charge in [0.1, 0.15) is 12.1 Å². The van der Waals surface area contributed by atoms with Crippen LogP contribution in [0.1, 0.15) is 12.8 Å². The van der Waals surface area contributed by atoms with E-state index in [9.17, 15) is 0 Å². The summed E-state index contributed by atoms with van der Waals surface area (Å²) in [6, 6.07) is 3.28. The molecule has 0 heterocycles. The zero-order chi connectivity index (χ0) is 9.83. The summed E-state index contributed by atoms with van der Waals surface area (Å²) in [6.07, 6.45) is 0.0976. The SMILES string of the molecule is N#CC(Cl)(Cl)CCC(Cl)(Cl)C#N. The Morgan fingerprint density at radius 2 is 1.08 bits per heavy atom. The van der Waals surface area contributed by atoms with Crippen LogP contribution in [0.2, 0.25) is 0 Å². The molecule has 0 N–H and O–H groups in total. The molecule has 0 aromatic heterocycles. The van der Waals surface area contributed by atoms with Crippen molar-refractivity contribution >= 4 is 46.4 Å². The van der Waals surface area contributed by atoms with E-state index in [0.717, 1.165) is 0 Å². The number of nitrogens with zero attached hydrogens (tertiary/aromatic N) is 2. The minimum Gasteiger partial charge on any atom is -0.195 e. The fourth-order valence-corrected chi connectivity index (χ4v) is 0.804. The predicted molar refractivity (Wildman–Crippen MR) is 49.3 cm³/mol. The summed E-state index contributed by atoms with van der Waals surface area (Å²) < 4.78 is -3.04. The largest absolute Gasteiger partial charge is 0.203 e. The van der Waals surface area contributed by atoms with E-state index >= 15 is 0 Å². The molecule has 0 atom stereocenters. The van der Waals surface area contributed by atoms with Crippen molar-refractivity contribution in [3.05, 3.63) is 0 Å². The molecule has 0 rings (SSSR count). The van der Waals surface area contributed by atoms with E-state index in [-0.39, 0.29) is 12.8 Å². The van der Waals surface area contributed by atoms with E-state index in [1.807, 2.05) is 0 Å². The summed E-state index contributed by atoms with van der Waals surface area (Å²) >= 11 is 21.8. The van der Waals surface area contributed by atoms with Gasteiger partial charge in [0.15, 0.2) is 0 Å². The third kappa shape index (κ3) is 4.91. The number of nitriles is 2. The standard InChI is InChI=1S/C6H4Cl4N2/c7-5(8,3-11)1-2-6(9,10)4-12/h1-2H2. The molecule has 0 aliphatic carbocycles. The monoisotopic (exact) mass is 244 g/mol. The molecule has 0 spiro atoms. The number of alkyl halides is 4. The summed E-state index contributed by atoms with van der Waals surface area (Å²) in [7, 11) is 0. The van der Waals surface area contributed by atoms with Gasteiger partial charge >= 0.3 is 0 Å². The third-order valence-corrected chi connectivity index (χ3v) is 2.17. The van der Waals surface area contributed by atoms with Gasteiger partial charge in [0.2, 0.25) is 8.67 Å². The number of rotatable bonds is 3. The van der Waals surface area contributed by atoms with Crippen molar-refractivity contribution in [2.75, 3.05) is 0 Å². The molecule has 2 nitrogen and oxygen atoms in total. The summed E-state index contributed by atoms with van der Waals surface area (Å²) in [6.45, 7) is 0. The minimum atomic E-state index is -1.52. The molecule has 0 fully saturated rings. The Hall–Kier alpha value is 0.140. The van der Waals surface area contributed by atoms with Crippen LogP contribution in [0.5, 0.6) is 0 Å². The molecule has 0 aromatic rings. The molecule has 0 aliphatic rings. The average molecular weight is 246 g/mol. The van der Waals surface area contributed by atoms with Crippen LogP contribution in [0, 0.1) is 22.7 Å². The van der Waals surface area contributed by atoms with E-state index in [1.54, 1.807) is 12.1 Å². The fraction of sp³-hybridized carbons (Fsp3) is 0.667. The highest BCUT2D eigenvalue weighted by Gasteiger charge is 2.30. The van der Waals surface area contributed by atoms with Gasteiger partial charge in [0, 0.05) is 0 Å². The maximum absolute atomic E-state index is 8.38. The Balaban J connectivity index is 4.04. The van der Waals surface area contributed by atoms with Gasteiger partial charge in [-0.25, -0.2) is 0 Å². The zero-order valence-corrected chi connectivity index (χ0v) is 8.84. The highest BCUT2D eigenvalue weighted by molar-refractivity contribution is 6.51. The lowest BCUT2D eigenvalue weighted by Gasteiger charge is -2.14. The molecule has 0 saturated carbocycles. The Labute approximate surface area is 90.6 Å². The predicted octanol–water partition coefficient (Wildman–Crippen LogP) is 3.16. The van der Waals surface area contributed by atoms with Gasteiger partial charge in [-0.3, -0.25) is 0 Å². The van der Waals surface area contributed by atoms with Gasteiger partial charge in [-0.1, -0.05) is 46.4 Å². The quantitative estimate of drug-likeness (QED) is 0.718. The maximum atomic E-state index is 8.38. The van der Waals surface area contributed by atoms with Crippen molar-refractivity contribution in [3.8, 4) is 12.1 Å². The van der Waals surface area contributed by atoms with Gasteiger partial charge in [0.25, 0.3) is 0 Å². The van der Waals surface area contributed by atoms with Crippen molar-refractivity contribution < 1.29 is 0 Å². The van der Waals surface area contributed by atoms with Crippen molar-refractivity contribution in [3.63, 3.8) is 0 Å². The van der Waals surface area contributed by atoms with Crippen LogP contribution in [0.3, 0.4) is 0 Å². The molecule has 6 heteroatoms. The van der Waals surface area contributed by atoms with Crippen LogP contribution in [0.15, 0.2) is 0 Å². The summed E-state index contributed by atoms with van der Waals surface area (Å²) in [4.78, 5) is 0. The van der Waals surface area contributed by atoms with E-state index in [4.69, 9.17) is 56.9 Å². The topological polar surface area (TPSA) is 47.6 Å². The van der Waals surface area contributed by atoms with Crippen molar-refractivity contribution in [1.82, 2.24) is 0 Å². The number of halogens is 4. The first kappa shape index (κ1) is 12.1. The first-order valence-electron chi connectivity index (χ1n) is 2.91. The van der Waals surface area contributed by atoms with Gasteiger partial charge in [0.05, 0.1) is 0 Å². The van der Waals surface area contributed by atoms with Crippen molar-refractivity contribution in [2.45, 2.75) is 21.5 Å². The molecule has 0 aliphatic heterocycles. The minimum absolute atomic E-state index is 0.0488. The summed E-state index contributed by atoms with van der Waals surface area (Å²) in [5.41, 5.74) is 0. The van der Waals surface area contributed by atoms with Crippen LogP contribution in [0.25, 0.3) is 0 Å². The van der Waals surface area contributed by atoms with Crippen LogP contribution < -0.4 is 0 Å². The molecule has 0 saturated heterocycles. The highest BCUT2D eigenvalue weighted by Crippen LogP contribution is 2.33. The molecular weight excluding hydrogens is 242 g/mol. The number of hydrogen-bond donors (Lipinski definition) is 0. The molecule has 0 aromatic carbocycles. The second kappa shape index (κ2) is 4.40. The van der Waals surface area contributed by atoms with Gasteiger partial charge in [-0.15, -0.1) is 0 Å². The van der Waals surface area contributed by atoms with Crippen LogP contribution in [-0.4, -0.2) is 8.67 Å². The first-order chi connectivity index (χ1) is 5.33. The Morgan fingerprint density at radius 3 is 1.25 bits per heavy atom. The van der Waals surface area contributed by atoms with E-state index in [0.29, 0.717) is 0 Å². The normalized spacial score (nSPS) is 11.8. The lowest BCUT2D eigenvalue weighted by Crippen LogP contribution is -2.16. The van der Waals surface area contributed by atoms with Gasteiger partial charge < -0.3 is 0 Å². The highest BCUT2D eigenvalue weighted by atomic mass is 35.5. The smallest absolute Gasteiger partial charge is 0.195 e. The van der Waals surface area contributed by atoms with E-state index < -0.39 is 8.67 Å². The van der Waals surface area contributed by atoms with Crippen molar-refractivity contribution in [2.24, 2.45) is 0 Å². The fourth-order valence-electron chi connectivity index (χ4n) is 0.426. The zero-order valence-electron chi connectivity index (χ0n) is 5.82. The van der Waals surface area contributed by atoms with Crippen LogP contribution in [0.4, 0.5) is 0 Å². The lowest BCUT2D eigenvalue weighted by atomic mass is 10.2. The first-order valence-corrected chi connectivity index (χ1v) is 4.42. The van der Waals surface area contributed by atoms with Crippen LogP contribution in [-0.2, 0) is 0 Å². The molecule has 0 unspecified atom stereocenters. The second-order valence-corrected chi connectivity index (χ2v) is 5.10. The molecule has 66 valence electrons. The Kier molecular flexibility index (Phi) is 4.45. The lowest BCUT2D eigenvalue weighted by molar-refractivity contribution is 0.718. The maximum Gasteiger partial charge on any atom is 0.203 e. The third-order valence-electron chi connectivity index (χ3n) is 1.08.